The minimum atomic E-state index is -3.25. The monoisotopic (exact) mass is 402 g/mol. The molecule has 1 N–H and O–H groups in total. The average molecular weight is 403 g/mol. The van der Waals surface area contributed by atoms with Gasteiger partial charge in [-0.05, 0) is 56.5 Å². The van der Waals surface area contributed by atoms with Crippen molar-refractivity contribution in [2.24, 2.45) is 0 Å². The number of likely N-dealkylation sites (tertiary alicyclic amines) is 1. The van der Waals surface area contributed by atoms with Gasteiger partial charge >= 0.3 is 0 Å². The van der Waals surface area contributed by atoms with E-state index in [2.05, 4.69) is 32.5 Å². The summed E-state index contributed by atoms with van der Waals surface area (Å²) in [6.45, 7) is 4.90. The SMILES string of the molecule is CC[C@H]1CCCCN1CCCNS(=O)(=O)Cc1ccc(Br)cc1. The van der Waals surface area contributed by atoms with E-state index in [4.69, 9.17) is 0 Å². The molecule has 0 saturated carbocycles. The molecule has 23 heavy (non-hydrogen) atoms. The normalized spacial score (nSPS) is 19.8. The Kier molecular flexibility index (Phi) is 7.53. The van der Waals surface area contributed by atoms with Crippen LogP contribution in [-0.4, -0.2) is 39.0 Å². The summed E-state index contributed by atoms with van der Waals surface area (Å²) in [4.78, 5) is 2.52. The molecule has 1 aliphatic heterocycles. The average Bonchev–Trinajstić information content (AvgIpc) is 2.54. The summed E-state index contributed by atoms with van der Waals surface area (Å²) in [5, 5.41) is 0. The first-order valence-corrected chi connectivity index (χ1v) is 10.9. The van der Waals surface area contributed by atoms with Crippen LogP contribution >= 0.6 is 15.9 Å². The van der Waals surface area contributed by atoms with E-state index in [0.29, 0.717) is 12.6 Å². The van der Waals surface area contributed by atoms with Crippen LogP contribution in [0, 0.1) is 0 Å². The van der Waals surface area contributed by atoms with Gasteiger partial charge in [-0.2, -0.15) is 0 Å². The maximum absolute atomic E-state index is 12.1. The van der Waals surface area contributed by atoms with Gasteiger partial charge in [0.05, 0.1) is 5.75 Å². The van der Waals surface area contributed by atoms with Gasteiger partial charge in [0.1, 0.15) is 0 Å². The van der Waals surface area contributed by atoms with Crippen molar-refractivity contribution in [1.82, 2.24) is 9.62 Å². The Labute approximate surface area is 148 Å². The summed E-state index contributed by atoms with van der Waals surface area (Å²) in [6.07, 6.45) is 5.94. The highest BCUT2D eigenvalue weighted by atomic mass is 79.9. The molecule has 0 spiro atoms. The maximum atomic E-state index is 12.1. The van der Waals surface area contributed by atoms with Gasteiger partial charge in [0.15, 0.2) is 0 Å². The topological polar surface area (TPSA) is 49.4 Å². The number of piperidine rings is 1. The van der Waals surface area contributed by atoms with Gasteiger partial charge in [0.25, 0.3) is 0 Å². The number of hydrogen-bond donors (Lipinski definition) is 1. The highest BCUT2D eigenvalue weighted by Crippen LogP contribution is 2.19. The van der Waals surface area contributed by atoms with Gasteiger partial charge in [-0.25, -0.2) is 13.1 Å². The smallest absolute Gasteiger partial charge is 0.215 e. The van der Waals surface area contributed by atoms with Crippen LogP contribution in [0.3, 0.4) is 0 Å². The molecule has 1 heterocycles. The Hall–Kier alpha value is -0.430. The number of nitrogens with one attached hydrogen (secondary N) is 1. The van der Waals surface area contributed by atoms with Crippen molar-refractivity contribution in [3.63, 3.8) is 0 Å². The molecule has 0 radical (unpaired) electrons. The van der Waals surface area contributed by atoms with Gasteiger partial charge in [0.2, 0.25) is 10.0 Å². The van der Waals surface area contributed by atoms with E-state index in [0.717, 1.165) is 29.5 Å². The second kappa shape index (κ2) is 9.16. The molecular weight excluding hydrogens is 376 g/mol. The maximum Gasteiger partial charge on any atom is 0.215 e. The summed E-state index contributed by atoms with van der Waals surface area (Å²) in [5.41, 5.74) is 0.808. The molecule has 2 rings (SSSR count). The van der Waals surface area contributed by atoms with Gasteiger partial charge < -0.3 is 4.90 Å². The fourth-order valence-electron chi connectivity index (χ4n) is 3.18. The lowest BCUT2D eigenvalue weighted by Gasteiger charge is -2.35. The van der Waals surface area contributed by atoms with Crippen molar-refractivity contribution in [2.45, 2.75) is 50.8 Å². The molecule has 4 nitrogen and oxygen atoms in total. The van der Waals surface area contributed by atoms with Gasteiger partial charge in [-0.15, -0.1) is 0 Å². The lowest BCUT2D eigenvalue weighted by atomic mass is 10.00. The highest BCUT2D eigenvalue weighted by molar-refractivity contribution is 9.10. The number of halogens is 1. The summed E-state index contributed by atoms with van der Waals surface area (Å²) < 4.78 is 27.9. The molecule has 1 saturated heterocycles. The Bertz CT molecular complexity index is 575. The van der Waals surface area contributed by atoms with Crippen LogP contribution in [0.5, 0.6) is 0 Å². The van der Waals surface area contributed by atoms with Gasteiger partial charge in [-0.1, -0.05) is 41.4 Å². The third-order valence-electron chi connectivity index (χ3n) is 4.43. The van der Waals surface area contributed by atoms with Crippen LogP contribution < -0.4 is 4.72 Å². The number of sulfonamides is 1. The van der Waals surface area contributed by atoms with Crippen molar-refractivity contribution in [2.75, 3.05) is 19.6 Å². The fraction of sp³-hybridized carbons (Fsp3) is 0.647. The van der Waals surface area contributed by atoms with Crippen LogP contribution in [0.25, 0.3) is 0 Å². The van der Waals surface area contributed by atoms with E-state index in [-0.39, 0.29) is 5.75 Å². The lowest BCUT2D eigenvalue weighted by Crippen LogP contribution is -2.40. The molecule has 0 aromatic heterocycles. The molecule has 6 heteroatoms. The predicted octanol–water partition coefficient (Wildman–Crippen LogP) is 3.52. The van der Waals surface area contributed by atoms with E-state index >= 15 is 0 Å². The van der Waals surface area contributed by atoms with Gasteiger partial charge in [0, 0.05) is 17.1 Å². The molecular formula is C17H27BrN2O2S. The molecule has 1 fully saturated rings. The molecule has 1 aromatic carbocycles. The van der Waals surface area contributed by atoms with Crippen molar-refractivity contribution < 1.29 is 8.42 Å². The fourth-order valence-corrected chi connectivity index (χ4v) is 4.63. The first kappa shape index (κ1) is 18.9. The van der Waals surface area contributed by atoms with Crippen LogP contribution in [-0.2, 0) is 15.8 Å². The van der Waals surface area contributed by atoms with Crippen molar-refractivity contribution >= 4 is 26.0 Å². The Balaban J connectivity index is 1.73. The zero-order chi connectivity index (χ0) is 16.7. The molecule has 0 amide bonds. The molecule has 0 unspecified atom stereocenters. The molecule has 1 aliphatic rings. The zero-order valence-electron chi connectivity index (χ0n) is 13.8. The number of benzene rings is 1. The van der Waals surface area contributed by atoms with Crippen LogP contribution in [0.1, 0.15) is 44.6 Å². The second-order valence-corrected chi connectivity index (χ2v) is 8.95. The Morgan fingerprint density at radius 1 is 1.26 bits per heavy atom. The highest BCUT2D eigenvalue weighted by Gasteiger charge is 2.20. The van der Waals surface area contributed by atoms with Crippen LogP contribution in [0.15, 0.2) is 28.7 Å². The molecule has 1 atom stereocenters. The molecule has 0 aliphatic carbocycles. The quantitative estimate of drug-likeness (QED) is 0.676. The standard InChI is InChI=1S/C17H27BrN2O2S/c1-2-17-6-3-4-12-20(17)13-5-11-19-23(21,22)14-15-7-9-16(18)10-8-15/h7-10,17,19H,2-6,11-14H2,1H3/t17-/m0/s1. The first-order chi connectivity index (χ1) is 11.0. The van der Waals surface area contributed by atoms with E-state index in [1.807, 2.05) is 24.3 Å². The molecule has 1 aromatic rings. The van der Waals surface area contributed by atoms with Crippen LogP contribution in [0.2, 0.25) is 0 Å². The van der Waals surface area contributed by atoms with E-state index < -0.39 is 10.0 Å². The van der Waals surface area contributed by atoms with Crippen molar-refractivity contribution in [3.05, 3.63) is 34.3 Å². The van der Waals surface area contributed by atoms with Crippen molar-refractivity contribution in [1.29, 1.82) is 0 Å². The Morgan fingerprint density at radius 3 is 2.70 bits per heavy atom. The molecule has 130 valence electrons. The second-order valence-electron chi connectivity index (χ2n) is 6.23. The summed E-state index contributed by atoms with van der Waals surface area (Å²) >= 11 is 3.36. The van der Waals surface area contributed by atoms with E-state index in [1.54, 1.807) is 0 Å². The predicted molar refractivity (Wildman–Crippen MR) is 98.9 cm³/mol. The van der Waals surface area contributed by atoms with Crippen LogP contribution in [0.4, 0.5) is 0 Å². The summed E-state index contributed by atoms with van der Waals surface area (Å²) in [7, 11) is -3.25. The summed E-state index contributed by atoms with van der Waals surface area (Å²) in [5.74, 6) is 0.0432. The number of nitrogens with zero attached hydrogens (tertiary/aromatic N) is 1. The van der Waals surface area contributed by atoms with E-state index in [9.17, 15) is 8.42 Å². The number of hydrogen-bond acceptors (Lipinski definition) is 3. The lowest BCUT2D eigenvalue weighted by molar-refractivity contribution is 0.143. The minimum absolute atomic E-state index is 0.0432. The Morgan fingerprint density at radius 2 is 2.00 bits per heavy atom. The first-order valence-electron chi connectivity index (χ1n) is 8.46. The zero-order valence-corrected chi connectivity index (χ0v) is 16.2. The summed E-state index contributed by atoms with van der Waals surface area (Å²) in [6, 6.07) is 8.09. The van der Waals surface area contributed by atoms with Gasteiger partial charge in [-0.3, -0.25) is 0 Å². The minimum Gasteiger partial charge on any atom is -0.300 e. The largest absolute Gasteiger partial charge is 0.300 e. The van der Waals surface area contributed by atoms with E-state index in [1.165, 1.54) is 25.7 Å². The third kappa shape index (κ3) is 6.53. The third-order valence-corrected chi connectivity index (χ3v) is 6.32. The van der Waals surface area contributed by atoms with Crippen molar-refractivity contribution in [3.8, 4) is 0 Å². The number of rotatable bonds is 8. The molecule has 0 bridgehead atoms.